The second-order valence-corrected chi connectivity index (χ2v) is 0. The van der Waals surface area contributed by atoms with Crippen molar-refractivity contribution in [3.05, 3.63) is 0 Å². The fraction of sp³-hybridized carbons (Fsp3) is 0. The van der Waals surface area contributed by atoms with Gasteiger partial charge in [-0.3, -0.25) is 0 Å². The maximum atomic E-state index is 0. The van der Waals surface area contributed by atoms with Gasteiger partial charge < -0.3 is 23.1 Å². The first-order chi connectivity index (χ1) is 0. The number of quaternary nitrogens is 1. The van der Waals surface area contributed by atoms with E-state index in [9.17, 15) is 0 Å². The SMILES string of the molecule is [Br-].[NH4+].[PoH2].[PoH2].[PoH2].[PoH2]. The molecule has 0 bridgehead atoms. The molecule has 0 spiro atoms. The fourth-order valence-electron chi connectivity index (χ4n) is 0. The number of hydrogen-bond acceptors (Lipinski definition) is 0. The van der Waals surface area contributed by atoms with Gasteiger partial charge in [-0.15, -0.1) is 0 Å². The van der Waals surface area contributed by atoms with Gasteiger partial charge in [0.1, 0.15) is 0 Å². The molecule has 0 aromatic carbocycles. The average Bonchev–Trinajstić information content (AvgIpc) is 0. The molecule has 0 saturated carbocycles. The van der Waals surface area contributed by atoms with Crippen LogP contribution in [-0.2, 0) is 0 Å². The van der Waals surface area contributed by atoms with Gasteiger partial charge in [0.25, 0.3) is 0 Å². The fourth-order valence-corrected chi connectivity index (χ4v) is 0. The van der Waals surface area contributed by atoms with E-state index in [1.807, 2.05) is 0 Å². The van der Waals surface area contributed by atoms with Crippen molar-refractivity contribution in [2.75, 3.05) is 0 Å². The van der Waals surface area contributed by atoms with Crippen LogP contribution in [-0.4, -0.2) is 106 Å². The van der Waals surface area contributed by atoms with Gasteiger partial charge in [0.15, 0.2) is 0 Å². The summed E-state index contributed by atoms with van der Waals surface area (Å²) in [6, 6.07) is 0. The monoisotopic (exact) mass is 941 g/mol. The van der Waals surface area contributed by atoms with Crippen LogP contribution in [0.15, 0.2) is 0 Å². The molecular formula is H12BrNPo4. The Morgan fingerprint density at radius 2 is 0.500 bits per heavy atom. The molecule has 6 heavy (non-hydrogen) atoms. The van der Waals surface area contributed by atoms with E-state index in [2.05, 4.69) is 0 Å². The first-order valence-corrected chi connectivity index (χ1v) is 0. The number of rotatable bonds is 0. The third-order valence-corrected chi connectivity index (χ3v) is 0. The molecule has 1 nitrogen and oxygen atoms in total. The first kappa shape index (κ1) is 50.4. The van der Waals surface area contributed by atoms with Crippen LogP contribution in [0.4, 0.5) is 0 Å². The Kier molecular flexibility index (Phi) is 301. The van der Waals surface area contributed by atoms with Crippen LogP contribution in [0.5, 0.6) is 0 Å². The molecule has 0 atom stereocenters. The third kappa shape index (κ3) is 24.4. The van der Waals surface area contributed by atoms with Crippen molar-refractivity contribution in [3.63, 3.8) is 0 Å². The van der Waals surface area contributed by atoms with Crippen molar-refractivity contribution < 1.29 is 17.0 Å². The molecule has 0 unspecified atom stereocenters. The summed E-state index contributed by atoms with van der Waals surface area (Å²) in [6.45, 7) is 0. The molecule has 0 aliphatic carbocycles. The van der Waals surface area contributed by atoms with Crippen molar-refractivity contribution in [3.8, 4) is 0 Å². The van der Waals surface area contributed by atoms with Crippen LogP contribution < -0.4 is 23.1 Å². The molecule has 0 saturated heterocycles. The average molecular weight is 942 g/mol. The Labute approximate surface area is 126 Å². The van der Waals surface area contributed by atoms with E-state index in [0.717, 1.165) is 0 Å². The molecule has 48 valence electrons. The predicted octanol–water partition coefficient (Wildman–Crippen LogP) is -6.28. The molecule has 6 heteroatoms. The van der Waals surface area contributed by atoms with Gasteiger partial charge in [0, 0.05) is 0 Å². The summed E-state index contributed by atoms with van der Waals surface area (Å²) in [4.78, 5) is 0. The second-order valence-electron chi connectivity index (χ2n) is 0. The third-order valence-electron chi connectivity index (χ3n) is 0. The summed E-state index contributed by atoms with van der Waals surface area (Å²) >= 11 is 0. The minimum atomic E-state index is 0. The summed E-state index contributed by atoms with van der Waals surface area (Å²) in [7, 11) is 0. The van der Waals surface area contributed by atoms with Gasteiger partial charge >= 0.3 is 106 Å². The van der Waals surface area contributed by atoms with Crippen LogP contribution >= 0.6 is 0 Å². The topological polar surface area (TPSA) is 36.5 Å². The number of halogens is 1. The van der Waals surface area contributed by atoms with Crippen molar-refractivity contribution in [1.29, 1.82) is 0 Å². The molecule has 4 N–H and O–H groups in total. The maximum absolute atomic E-state index is 0. The van der Waals surface area contributed by atoms with Crippen LogP contribution in [0.25, 0.3) is 0 Å². The molecule has 0 aliphatic heterocycles. The van der Waals surface area contributed by atoms with E-state index in [-0.39, 0.29) is 129 Å². The molecule has 0 fully saturated rings. The van der Waals surface area contributed by atoms with Crippen LogP contribution in [0, 0.1) is 0 Å². The van der Waals surface area contributed by atoms with E-state index < -0.39 is 0 Å². The zero-order valence-electron chi connectivity index (χ0n) is 3.38. The van der Waals surface area contributed by atoms with Crippen molar-refractivity contribution in [1.82, 2.24) is 6.15 Å². The van der Waals surface area contributed by atoms with Gasteiger partial charge in [-0.1, -0.05) is 0 Å². The molecule has 0 aromatic rings. The summed E-state index contributed by atoms with van der Waals surface area (Å²) in [5.41, 5.74) is 0. The quantitative estimate of drug-likeness (QED) is 0.252. The Balaban J connectivity index is 0. The van der Waals surface area contributed by atoms with E-state index in [4.69, 9.17) is 0 Å². The standard InChI is InChI=1S/BrH.H3N.4Po.8H/h1H;1H3;;;;;;;;;;;;. The molecule has 0 radical (unpaired) electrons. The number of hydrogen-bond donors (Lipinski definition) is 1. The van der Waals surface area contributed by atoms with Gasteiger partial charge in [-0.2, -0.15) is 0 Å². The molecule has 0 aliphatic rings. The summed E-state index contributed by atoms with van der Waals surface area (Å²) < 4.78 is 0. The Morgan fingerprint density at radius 3 is 0.500 bits per heavy atom. The zero-order valence-corrected chi connectivity index (χ0v) is 20.5. The van der Waals surface area contributed by atoms with Crippen molar-refractivity contribution >= 4 is 106 Å². The molecule has 0 rings (SSSR count). The van der Waals surface area contributed by atoms with Gasteiger partial charge in [0.2, 0.25) is 0 Å². The predicted molar refractivity (Wildman–Crippen MR) is 40.2 cm³/mol. The second kappa shape index (κ2) is 35.9. The van der Waals surface area contributed by atoms with E-state index in [1.54, 1.807) is 0 Å². The Bertz CT molecular complexity index is 7.51. The van der Waals surface area contributed by atoms with Gasteiger partial charge in [-0.05, 0) is 0 Å². The molecule has 0 aromatic heterocycles. The van der Waals surface area contributed by atoms with Crippen LogP contribution in [0.1, 0.15) is 0 Å². The zero-order chi connectivity index (χ0) is 0. The van der Waals surface area contributed by atoms with Gasteiger partial charge in [0.05, 0.1) is 0 Å². The molecule has 0 amide bonds. The normalized spacial score (nSPS) is 0. The van der Waals surface area contributed by atoms with Crippen molar-refractivity contribution in [2.24, 2.45) is 0 Å². The molecular weight excluding hydrogens is 930 g/mol. The minimum absolute atomic E-state index is 0. The van der Waals surface area contributed by atoms with Crippen LogP contribution in [0.3, 0.4) is 0 Å². The first-order valence-electron chi connectivity index (χ1n) is 0. The Hall–Kier alpha value is 4.02. The summed E-state index contributed by atoms with van der Waals surface area (Å²) in [6.07, 6.45) is 0. The summed E-state index contributed by atoms with van der Waals surface area (Å²) in [5, 5.41) is 0. The van der Waals surface area contributed by atoms with Crippen LogP contribution in [0.2, 0.25) is 0 Å². The molecule has 0 heterocycles. The van der Waals surface area contributed by atoms with E-state index in [0.29, 0.717) is 0 Å². The van der Waals surface area contributed by atoms with E-state index >= 15 is 0 Å². The van der Waals surface area contributed by atoms with E-state index in [1.165, 1.54) is 0 Å². The van der Waals surface area contributed by atoms with Crippen molar-refractivity contribution in [2.45, 2.75) is 0 Å². The summed E-state index contributed by atoms with van der Waals surface area (Å²) in [5.74, 6) is 0. The Morgan fingerprint density at radius 1 is 0.500 bits per heavy atom. The van der Waals surface area contributed by atoms with Gasteiger partial charge in [-0.25, -0.2) is 0 Å².